The maximum atomic E-state index is 13.9. The first kappa shape index (κ1) is 24.9. The third-order valence-electron chi connectivity index (χ3n) is 6.05. The quantitative estimate of drug-likeness (QED) is 0.308. The summed E-state index contributed by atoms with van der Waals surface area (Å²) in [6.07, 6.45) is -4.29. The van der Waals surface area contributed by atoms with Gasteiger partial charge < -0.3 is 10.6 Å². The first-order valence-electron chi connectivity index (χ1n) is 10.5. The lowest BCUT2D eigenvalue weighted by Gasteiger charge is -2.35. The van der Waals surface area contributed by atoms with Crippen molar-refractivity contribution in [2.45, 2.75) is 18.6 Å². The topological polar surface area (TPSA) is 61.4 Å². The summed E-state index contributed by atoms with van der Waals surface area (Å²) in [6, 6.07) is 6.75. The summed E-state index contributed by atoms with van der Waals surface area (Å²) in [6.45, 7) is 0.388. The molecule has 0 fully saturated rings. The number of amides is 3. The number of carbonyl (C=O) groups is 2. The number of urea groups is 1. The van der Waals surface area contributed by atoms with Gasteiger partial charge in [0, 0.05) is 37.9 Å². The van der Waals surface area contributed by atoms with Gasteiger partial charge in [0.05, 0.1) is 17.3 Å². The maximum absolute atomic E-state index is 13.9. The number of carbonyl (C=O) groups excluding carboxylic acids is 2. The highest BCUT2D eigenvalue weighted by atomic mass is 79.9. The molecule has 5 rings (SSSR count). The van der Waals surface area contributed by atoms with Gasteiger partial charge in [-0.3, -0.25) is 9.69 Å². The maximum Gasteiger partial charge on any atom is 0.416 e. The number of hydrogen-bond acceptors (Lipinski definition) is 2. The minimum atomic E-state index is -4.83. The minimum Gasteiger partial charge on any atom is -0.327 e. The lowest BCUT2D eigenvalue weighted by Crippen LogP contribution is -2.46. The lowest BCUT2D eigenvalue weighted by molar-refractivity contribution is -0.137. The molecule has 5 nitrogen and oxygen atoms in total. The highest BCUT2D eigenvalue weighted by Crippen LogP contribution is 2.49. The van der Waals surface area contributed by atoms with Crippen LogP contribution in [-0.4, -0.2) is 18.5 Å². The SMILES string of the molecule is O=C(Nc1cc(Br)c2c3c1C(c1cc(Cl)ccc1Cl)NC(=O)N3CC2)c1cc(F)cc(C(F)(F)F)c1. The van der Waals surface area contributed by atoms with Crippen LogP contribution in [0.2, 0.25) is 10.0 Å². The molecule has 3 aromatic carbocycles. The number of nitrogens with zero attached hydrogens (tertiary/aromatic N) is 1. The molecule has 0 radical (unpaired) electrons. The first-order chi connectivity index (χ1) is 16.9. The molecule has 0 saturated carbocycles. The summed E-state index contributed by atoms with van der Waals surface area (Å²) in [7, 11) is 0. The predicted molar refractivity (Wildman–Crippen MR) is 131 cm³/mol. The molecule has 3 amide bonds. The van der Waals surface area contributed by atoms with Crippen molar-refractivity contribution in [2.24, 2.45) is 0 Å². The second kappa shape index (κ2) is 8.93. The van der Waals surface area contributed by atoms with E-state index >= 15 is 0 Å². The van der Waals surface area contributed by atoms with Crippen LogP contribution >= 0.6 is 39.1 Å². The van der Waals surface area contributed by atoms with Crippen LogP contribution in [0.15, 0.2) is 46.9 Å². The third-order valence-corrected chi connectivity index (χ3v) is 7.34. The Labute approximate surface area is 220 Å². The Morgan fingerprint density at radius 3 is 2.61 bits per heavy atom. The molecular weight excluding hydrogens is 589 g/mol. The number of halogens is 7. The molecule has 2 N–H and O–H groups in total. The van der Waals surface area contributed by atoms with Gasteiger partial charge in [0.1, 0.15) is 5.82 Å². The molecule has 36 heavy (non-hydrogen) atoms. The van der Waals surface area contributed by atoms with Crippen molar-refractivity contribution in [3.63, 3.8) is 0 Å². The Hall–Kier alpha value is -2.82. The first-order valence-corrected chi connectivity index (χ1v) is 12.1. The normalized spacial score (nSPS) is 16.6. The van der Waals surface area contributed by atoms with E-state index in [1.165, 1.54) is 4.90 Å². The van der Waals surface area contributed by atoms with Crippen molar-refractivity contribution in [3.05, 3.63) is 90.6 Å². The number of alkyl halides is 3. The molecule has 12 heteroatoms. The van der Waals surface area contributed by atoms with Gasteiger partial charge in [0.25, 0.3) is 5.91 Å². The summed E-state index contributed by atoms with van der Waals surface area (Å²) in [5, 5.41) is 6.15. The standard InChI is InChI=1S/C24H14BrCl2F4N3O2/c25-16-9-18(32-22(35)10-5-11(24(29,30)31)7-13(28)6-10)19-20(15-8-12(26)1-2-17(15)27)33-23(36)34-4-3-14(16)21(19)34/h1-2,5-9,20H,3-4H2,(H,32,35)(H,33,36). The van der Waals surface area contributed by atoms with Gasteiger partial charge in [0.15, 0.2) is 0 Å². The molecule has 2 aliphatic heterocycles. The second-order valence-corrected chi connectivity index (χ2v) is 9.98. The summed E-state index contributed by atoms with van der Waals surface area (Å²) in [5.41, 5.74) is 0.734. The minimum absolute atomic E-state index is 0.205. The summed E-state index contributed by atoms with van der Waals surface area (Å²) >= 11 is 16.1. The number of benzene rings is 3. The Bertz CT molecular complexity index is 1450. The summed E-state index contributed by atoms with van der Waals surface area (Å²) in [4.78, 5) is 27.5. The van der Waals surface area contributed by atoms with Crippen LogP contribution < -0.4 is 15.5 Å². The van der Waals surface area contributed by atoms with Gasteiger partial charge in [-0.2, -0.15) is 13.2 Å². The molecule has 2 heterocycles. The van der Waals surface area contributed by atoms with Crippen LogP contribution in [0.4, 0.5) is 33.7 Å². The molecule has 3 aromatic rings. The van der Waals surface area contributed by atoms with E-state index in [1.807, 2.05) is 0 Å². The molecule has 0 aromatic heterocycles. The largest absolute Gasteiger partial charge is 0.416 e. The van der Waals surface area contributed by atoms with Gasteiger partial charge in [-0.05, 0) is 60.0 Å². The molecule has 1 unspecified atom stereocenters. The van der Waals surface area contributed by atoms with Crippen molar-refractivity contribution in [2.75, 3.05) is 16.8 Å². The highest BCUT2D eigenvalue weighted by molar-refractivity contribution is 9.10. The Kier molecular flexibility index (Phi) is 6.17. The predicted octanol–water partition coefficient (Wildman–Crippen LogP) is 7.34. The number of anilines is 2. The van der Waals surface area contributed by atoms with Crippen LogP contribution in [0.5, 0.6) is 0 Å². The molecule has 0 bridgehead atoms. The van der Waals surface area contributed by atoms with Crippen LogP contribution in [0.25, 0.3) is 0 Å². The zero-order valence-electron chi connectivity index (χ0n) is 17.9. The van der Waals surface area contributed by atoms with E-state index in [0.717, 1.165) is 11.6 Å². The van der Waals surface area contributed by atoms with Gasteiger partial charge >= 0.3 is 12.2 Å². The smallest absolute Gasteiger partial charge is 0.327 e. The van der Waals surface area contributed by atoms with E-state index in [1.54, 1.807) is 24.3 Å². The van der Waals surface area contributed by atoms with Crippen molar-refractivity contribution >= 4 is 62.4 Å². The van der Waals surface area contributed by atoms with E-state index in [4.69, 9.17) is 23.2 Å². The van der Waals surface area contributed by atoms with E-state index < -0.39 is 35.1 Å². The zero-order chi connectivity index (χ0) is 25.9. The van der Waals surface area contributed by atoms with Crippen molar-refractivity contribution in [1.82, 2.24) is 5.32 Å². The number of nitrogens with one attached hydrogen (secondary N) is 2. The average Bonchev–Trinajstić information content (AvgIpc) is 3.25. The molecule has 186 valence electrons. The number of hydrogen-bond donors (Lipinski definition) is 2. The molecule has 0 aliphatic carbocycles. The average molecular weight is 603 g/mol. The zero-order valence-corrected chi connectivity index (χ0v) is 21.0. The van der Waals surface area contributed by atoms with Crippen LogP contribution in [0.3, 0.4) is 0 Å². The van der Waals surface area contributed by atoms with Gasteiger partial charge in [-0.1, -0.05) is 39.1 Å². The van der Waals surface area contributed by atoms with Crippen molar-refractivity contribution in [3.8, 4) is 0 Å². The van der Waals surface area contributed by atoms with Crippen LogP contribution in [0.1, 0.15) is 38.7 Å². The molecule has 0 saturated heterocycles. The monoisotopic (exact) mass is 601 g/mol. The second-order valence-electron chi connectivity index (χ2n) is 8.28. The third kappa shape index (κ3) is 4.31. The Balaban J connectivity index is 1.65. The van der Waals surface area contributed by atoms with Crippen molar-refractivity contribution in [1.29, 1.82) is 0 Å². The lowest BCUT2D eigenvalue weighted by atomic mass is 9.91. The molecule has 2 aliphatic rings. The number of rotatable bonds is 3. The Morgan fingerprint density at radius 2 is 1.89 bits per heavy atom. The fraction of sp³-hybridized carbons (Fsp3) is 0.167. The van der Waals surface area contributed by atoms with Gasteiger partial charge in [-0.25, -0.2) is 9.18 Å². The molecule has 1 atom stereocenters. The summed E-state index contributed by atoms with van der Waals surface area (Å²) < 4.78 is 54.1. The fourth-order valence-electron chi connectivity index (χ4n) is 4.50. The highest BCUT2D eigenvalue weighted by Gasteiger charge is 2.40. The van der Waals surface area contributed by atoms with Crippen LogP contribution in [-0.2, 0) is 12.6 Å². The van der Waals surface area contributed by atoms with Crippen molar-refractivity contribution < 1.29 is 27.2 Å². The van der Waals surface area contributed by atoms with E-state index in [9.17, 15) is 27.2 Å². The molecular formula is C24H14BrCl2F4N3O2. The Morgan fingerprint density at radius 1 is 1.14 bits per heavy atom. The van der Waals surface area contributed by atoms with Crippen LogP contribution in [0, 0.1) is 5.82 Å². The van der Waals surface area contributed by atoms with E-state index in [2.05, 4.69) is 26.6 Å². The summed E-state index contributed by atoms with van der Waals surface area (Å²) in [5.74, 6) is -2.16. The fourth-order valence-corrected chi connectivity index (χ4v) is 5.52. The molecule has 0 spiro atoms. The van der Waals surface area contributed by atoms with Gasteiger partial charge in [-0.15, -0.1) is 0 Å². The van der Waals surface area contributed by atoms with E-state index in [0.29, 0.717) is 56.4 Å². The van der Waals surface area contributed by atoms with E-state index in [-0.39, 0.29) is 11.7 Å². The van der Waals surface area contributed by atoms with Gasteiger partial charge in [0.2, 0.25) is 0 Å².